The molecule has 3 aliphatic heterocycles. The highest BCUT2D eigenvalue weighted by Crippen LogP contribution is 2.44. The van der Waals surface area contributed by atoms with Gasteiger partial charge in [0.05, 0.1) is 12.5 Å². The Morgan fingerprint density at radius 1 is 0.554 bits per heavy atom. The number of likely N-dealkylation sites (N-methyl/N-ethyl adjacent to an activating group) is 5. The van der Waals surface area contributed by atoms with Crippen LogP contribution in [-0.4, -0.2) is 226 Å². The number of hydrogen-bond donors (Lipinski definition) is 4. The van der Waals surface area contributed by atoms with Crippen LogP contribution < -0.4 is 21.3 Å². The number of rotatable bonds is 14. The summed E-state index contributed by atoms with van der Waals surface area (Å²) in [5.41, 5.74) is -1.48. The van der Waals surface area contributed by atoms with E-state index in [0.717, 1.165) is 64.2 Å². The van der Waals surface area contributed by atoms with Crippen LogP contribution in [0, 0.1) is 47.3 Å². The molecule has 3 heterocycles. The molecule has 0 radical (unpaired) electrons. The maximum atomic E-state index is 15.5. The zero-order valence-electron chi connectivity index (χ0n) is 62.9. The fourth-order valence-electron chi connectivity index (χ4n) is 17.2. The summed E-state index contributed by atoms with van der Waals surface area (Å²) in [6, 6.07) is -9.61. The van der Waals surface area contributed by atoms with Gasteiger partial charge in [-0.2, -0.15) is 13.2 Å². The standard InChI is InChI=1S/C75H123ClF3N11O11/c1-14-47(6)63-72(100)85(10)49(8)68(96)90-39-35-58(90)71(99)87(12)60(42-52-27-25-46(5)26-28-52)70(98)84(9)44-61(91)81-56(34-31-51-30-33-54(55(76)41-51)75(77,78)79)69(97)89-38-21-24-57(89)66(94)83-74(36-19-20-37-74)73(101)88(13)64(48(7)15-2)67(95)80-53(32-29-50-22-17-16-18-23-50)43-62(92)86(11)59(40-45(3)4)65(93)82-63/h45-60,63-64H,14-44H2,1-13H3,(H,80,95)(H,81,91)(H,82,93)(H,83,94)/t46?,47-,48-,49-,51?,52?,53+,54?,55?,56-,57-,58-,59-,60-,63-,64-/m0/s1. The highest BCUT2D eigenvalue weighted by atomic mass is 35.5. The number of alkyl halides is 4. The molecule has 3 saturated heterocycles. The minimum Gasteiger partial charge on any atom is -0.351 e. The largest absolute Gasteiger partial charge is 0.393 e. The fraction of sp³-hybridized carbons (Fsp3) is 0.853. The Kier molecular flexibility index (Phi) is 30.1. The molecule has 0 aromatic heterocycles. The Labute approximate surface area is 604 Å². The fourth-order valence-corrected chi connectivity index (χ4v) is 17.7. The third-order valence-corrected chi connectivity index (χ3v) is 25.0. The molecule has 14 atom stereocenters. The van der Waals surface area contributed by atoms with Crippen molar-refractivity contribution in [3.8, 4) is 0 Å². The monoisotopic (exact) mass is 1450 g/mol. The van der Waals surface area contributed by atoms with E-state index in [1.807, 2.05) is 41.5 Å². The Balaban J connectivity index is 1.26. The molecule has 0 aromatic rings. The molecule has 26 heteroatoms. The summed E-state index contributed by atoms with van der Waals surface area (Å²) >= 11 is 6.42. The average molecular weight is 1450 g/mol. The van der Waals surface area contributed by atoms with Crippen molar-refractivity contribution in [1.82, 2.24) is 55.6 Å². The van der Waals surface area contributed by atoms with Crippen molar-refractivity contribution in [3.63, 3.8) is 0 Å². The first-order chi connectivity index (χ1) is 47.6. The van der Waals surface area contributed by atoms with Crippen LogP contribution in [0.4, 0.5) is 13.2 Å². The van der Waals surface area contributed by atoms with Crippen molar-refractivity contribution in [2.45, 2.75) is 307 Å². The van der Waals surface area contributed by atoms with E-state index in [1.54, 1.807) is 21.0 Å². The predicted molar refractivity (Wildman–Crippen MR) is 380 cm³/mol. The van der Waals surface area contributed by atoms with Gasteiger partial charge < -0.3 is 55.6 Å². The summed E-state index contributed by atoms with van der Waals surface area (Å²) in [4.78, 5) is 175. The summed E-state index contributed by atoms with van der Waals surface area (Å²) in [6.45, 7) is 14.8. The van der Waals surface area contributed by atoms with Crippen molar-refractivity contribution < 1.29 is 65.9 Å². The second-order valence-electron chi connectivity index (χ2n) is 32.3. The lowest BCUT2D eigenvalue weighted by atomic mass is 9.78. The second-order valence-corrected chi connectivity index (χ2v) is 32.8. The molecule has 7 fully saturated rings. The van der Waals surface area contributed by atoms with E-state index < -0.39 is 161 Å². The van der Waals surface area contributed by atoms with E-state index in [9.17, 15) is 41.9 Å². The predicted octanol–water partition coefficient (Wildman–Crippen LogP) is 8.73. The summed E-state index contributed by atoms with van der Waals surface area (Å²) in [7, 11) is 7.54. The van der Waals surface area contributed by atoms with Gasteiger partial charge in [-0.25, -0.2) is 0 Å². The maximum absolute atomic E-state index is 15.5. The number of nitrogens with one attached hydrogen (secondary N) is 4. The van der Waals surface area contributed by atoms with Crippen LogP contribution in [0.25, 0.3) is 0 Å². The summed E-state index contributed by atoms with van der Waals surface area (Å²) in [6.07, 6.45) is 9.22. The first-order valence-electron chi connectivity index (χ1n) is 38.5. The molecule has 7 rings (SSSR count). The van der Waals surface area contributed by atoms with Crippen LogP contribution in [-0.2, 0) is 52.7 Å². The number of carbonyl (C=O) groups is 11. The van der Waals surface area contributed by atoms with Gasteiger partial charge in [-0.3, -0.25) is 52.7 Å². The summed E-state index contributed by atoms with van der Waals surface area (Å²) in [5, 5.41) is 11.0. The number of hydrogen-bond acceptors (Lipinski definition) is 11. The van der Waals surface area contributed by atoms with E-state index in [2.05, 4.69) is 28.2 Å². The first kappa shape index (κ1) is 82.5. The van der Waals surface area contributed by atoms with Gasteiger partial charge in [0.15, 0.2) is 0 Å². The van der Waals surface area contributed by atoms with Crippen LogP contribution in [0.15, 0.2) is 0 Å². The van der Waals surface area contributed by atoms with Crippen LogP contribution in [0.3, 0.4) is 0 Å². The van der Waals surface area contributed by atoms with Crippen LogP contribution >= 0.6 is 11.6 Å². The number of halogens is 4. The lowest BCUT2D eigenvalue weighted by Crippen LogP contribution is -2.65. The minimum atomic E-state index is -4.50. The van der Waals surface area contributed by atoms with E-state index in [0.29, 0.717) is 50.4 Å². The van der Waals surface area contributed by atoms with Crippen LogP contribution in [0.5, 0.6) is 0 Å². The maximum Gasteiger partial charge on any atom is 0.393 e. The Bertz CT molecular complexity index is 2890. The molecule has 11 amide bonds. The molecule has 4 aliphatic carbocycles. The Morgan fingerprint density at radius 3 is 1.77 bits per heavy atom. The number of carbonyl (C=O) groups excluding carboxylic acids is 11. The minimum absolute atomic E-state index is 0.0175. The zero-order chi connectivity index (χ0) is 74.5. The van der Waals surface area contributed by atoms with Gasteiger partial charge in [0.25, 0.3) is 0 Å². The van der Waals surface area contributed by atoms with Gasteiger partial charge in [-0.05, 0) is 138 Å². The molecule has 3 unspecified atom stereocenters. The normalized spacial score (nSPS) is 32.5. The Hall–Kier alpha value is -5.75. The topological polar surface area (TPSA) is 259 Å². The average Bonchev–Trinajstić information content (AvgIpc) is 1.61. The quantitative estimate of drug-likeness (QED) is 0.120. The highest BCUT2D eigenvalue weighted by molar-refractivity contribution is 6.20. The van der Waals surface area contributed by atoms with E-state index in [1.165, 1.54) is 55.4 Å². The van der Waals surface area contributed by atoms with Crippen molar-refractivity contribution in [3.05, 3.63) is 0 Å². The molecule has 1 spiro atoms. The van der Waals surface area contributed by atoms with Crippen LogP contribution in [0.1, 0.15) is 235 Å². The molecular formula is C75H123ClF3N11O11. The summed E-state index contributed by atoms with van der Waals surface area (Å²) in [5.74, 6) is -8.20. The third kappa shape index (κ3) is 20.8. The summed E-state index contributed by atoms with van der Waals surface area (Å²) < 4.78 is 42.1. The van der Waals surface area contributed by atoms with Gasteiger partial charge in [-0.15, -0.1) is 11.6 Å². The molecule has 572 valence electrons. The van der Waals surface area contributed by atoms with Crippen molar-refractivity contribution in [2.24, 2.45) is 47.3 Å². The smallest absolute Gasteiger partial charge is 0.351 e. The van der Waals surface area contributed by atoms with Crippen LogP contribution in [0.2, 0.25) is 0 Å². The lowest BCUT2D eigenvalue weighted by molar-refractivity contribution is -0.182. The molecule has 22 nitrogen and oxygen atoms in total. The second kappa shape index (κ2) is 36.8. The molecule has 101 heavy (non-hydrogen) atoms. The van der Waals surface area contributed by atoms with Gasteiger partial charge >= 0.3 is 6.18 Å². The van der Waals surface area contributed by atoms with Gasteiger partial charge in [-0.1, -0.05) is 132 Å². The lowest BCUT2D eigenvalue weighted by Gasteiger charge is -2.45. The molecular weight excluding hydrogens is 1320 g/mol. The number of amides is 11. The molecule has 4 N–H and O–H groups in total. The van der Waals surface area contributed by atoms with E-state index in [4.69, 9.17) is 11.6 Å². The Morgan fingerprint density at radius 2 is 1.18 bits per heavy atom. The van der Waals surface area contributed by atoms with E-state index in [-0.39, 0.29) is 108 Å². The molecule has 7 aliphatic rings. The third-order valence-electron chi connectivity index (χ3n) is 24.5. The zero-order valence-corrected chi connectivity index (χ0v) is 63.7. The molecule has 0 bridgehead atoms. The number of nitrogens with zero attached hydrogens (tertiary/aromatic N) is 7. The highest BCUT2D eigenvalue weighted by Gasteiger charge is 2.52. The SMILES string of the molecule is CC[C@H](C)[C@@H]1NC(=O)[C@H](CC(C)C)N(C)C(=O)C[C@@H](CCC2CCCCC2)NC(=O)[C@H]([C@@H](C)CC)N(C)C(=O)C2(CCCC2)NC(=O)[C@@H]2CCCN2C(=O)[C@H](CCC2CCC(C(F)(F)F)C(Cl)C2)NC(=O)CN(C)C(=O)[C@H](CC2CCC(C)CC2)N(C)C(=O)[C@@H]2CCN2C(=O)[C@H](C)N(C)C1=O. The van der Waals surface area contributed by atoms with Gasteiger partial charge in [0, 0.05) is 66.2 Å². The van der Waals surface area contributed by atoms with Crippen molar-refractivity contribution >= 4 is 76.6 Å². The molecule has 4 saturated carbocycles. The van der Waals surface area contributed by atoms with Gasteiger partial charge in [0.2, 0.25) is 65.0 Å². The number of fused-ring (bicyclic) bond motifs is 2. The van der Waals surface area contributed by atoms with Crippen molar-refractivity contribution in [1.29, 1.82) is 0 Å². The van der Waals surface area contributed by atoms with Gasteiger partial charge in [0.1, 0.15) is 53.9 Å². The first-order valence-corrected chi connectivity index (χ1v) is 38.9. The van der Waals surface area contributed by atoms with E-state index >= 15 is 24.0 Å². The van der Waals surface area contributed by atoms with Crippen molar-refractivity contribution in [2.75, 3.05) is 54.9 Å². The molecule has 0 aromatic carbocycles.